The fourth-order valence-electron chi connectivity index (χ4n) is 2.75. The summed E-state index contributed by atoms with van der Waals surface area (Å²) in [5, 5.41) is 0. The van der Waals surface area contributed by atoms with Crippen molar-refractivity contribution in [2.24, 2.45) is 0 Å². The van der Waals surface area contributed by atoms with Gasteiger partial charge >= 0.3 is 0 Å². The van der Waals surface area contributed by atoms with Crippen LogP contribution in [0.1, 0.15) is 38.7 Å². The van der Waals surface area contributed by atoms with E-state index in [9.17, 15) is 8.42 Å². The van der Waals surface area contributed by atoms with Gasteiger partial charge in [0.15, 0.2) is 0 Å². The van der Waals surface area contributed by atoms with Crippen molar-refractivity contribution in [1.29, 1.82) is 0 Å². The average molecular weight is 311 g/mol. The normalized spacial score (nSPS) is 18.4. The van der Waals surface area contributed by atoms with Crippen LogP contribution < -0.4 is 0 Å². The number of hydrogen-bond donors (Lipinski definition) is 0. The van der Waals surface area contributed by atoms with Gasteiger partial charge in [-0.15, -0.1) is 0 Å². The molecule has 1 saturated heterocycles. The van der Waals surface area contributed by atoms with Crippen LogP contribution in [0, 0.1) is 6.92 Å². The molecule has 4 nitrogen and oxygen atoms in total. The highest BCUT2D eigenvalue weighted by Crippen LogP contribution is 2.24. The first-order chi connectivity index (χ1) is 9.96. The maximum atomic E-state index is 12.2. The second-order valence-electron chi connectivity index (χ2n) is 5.79. The fourth-order valence-corrected chi connectivity index (χ4v) is 3.81. The molecular formula is C16H25NO3S. The predicted octanol–water partition coefficient (Wildman–Crippen LogP) is 2.96. The summed E-state index contributed by atoms with van der Waals surface area (Å²) in [5.74, 6) is 0. The zero-order chi connectivity index (χ0) is 15.5. The van der Waals surface area contributed by atoms with Crippen LogP contribution in [0.2, 0.25) is 0 Å². The summed E-state index contributed by atoms with van der Waals surface area (Å²) in [6.45, 7) is 7.71. The van der Waals surface area contributed by atoms with Gasteiger partial charge in [0.25, 0.3) is 10.1 Å². The molecule has 1 heterocycles. The smallest absolute Gasteiger partial charge is 0.295 e. The van der Waals surface area contributed by atoms with Crippen LogP contribution in [0.4, 0.5) is 0 Å². The summed E-state index contributed by atoms with van der Waals surface area (Å²) in [7, 11) is -3.63. The number of benzene rings is 1. The molecule has 1 aliphatic heterocycles. The Kier molecular flexibility index (Phi) is 5.41. The van der Waals surface area contributed by atoms with Gasteiger partial charge in [-0.25, -0.2) is 0 Å². The van der Waals surface area contributed by atoms with Crippen molar-refractivity contribution in [3.63, 3.8) is 0 Å². The minimum absolute atomic E-state index is 0.206. The number of rotatable bonds is 7. The lowest BCUT2D eigenvalue weighted by molar-refractivity contribution is -0.00913. The van der Waals surface area contributed by atoms with Crippen LogP contribution >= 0.6 is 0 Å². The van der Waals surface area contributed by atoms with Crippen LogP contribution in [0.25, 0.3) is 0 Å². The molecular weight excluding hydrogens is 286 g/mol. The Morgan fingerprint density at radius 2 is 1.86 bits per heavy atom. The van der Waals surface area contributed by atoms with Crippen molar-refractivity contribution in [3.05, 3.63) is 29.8 Å². The Labute approximate surface area is 128 Å². The third-order valence-electron chi connectivity index (χ3n) is 4.06. The summed E-state index contributed by atoms with van der Waals surface area (Å²) in [6.07, 6.45) is 3.21. The van der Waals surface area contributed by atoms with Crippen molar-refractivity contribution in [2.75, 3.05) is 13.1 Å². The molecule has 1 fully saturated rings. The monoisotopic (exact) mass is 311 g/mol. The Hall–Kier alpha value is -0.910. The maximum Gasteiger partial charge on any atom is 0.297 e. The molecule has 0 aromatic heterocycles. The third kappa shape index (κ3) is 4.05. The molecule has 1 aliphatic rings. The van der Waals surface area contributed by atoms with Crippen LogP contribution in [0.15, 0.2) is 29.2 Å². The minimum atomic E-state index is -3.63. The molecule has 0 aliphatic carbocycles. The van der Waals surface area contributed by atoms with Gasteiger partial charge in [-0.1, -0.05) is 38.0 Å². The minimum Gasteiger partial charge on any atom is -0.295 e. The zero-order valence-corrected chi connectivity index (χ0v) is 13.9. The molecule has 5 heteroatoms. The van der Waals surface area contributed by atoms with E-state index in [1.807, 2.05) is 6.92 Å². The number of nitrogens with zero attached hydrogens (tertiary/aromatic N) is 1. The Morgan fingerprint density at radius 1 is 1.24 bits per heavy atom. The molecule has 0 N–H and O–H groups in total. The lowest BCUT2D eigenvalue weighted by atomic mass is 10.0. The van der Waals surface area contributed by atoms with E-state index in [4.69, 9.17) is 4.18 Å². The summed E-state index contributed by atoms with van der Waals surface area (Å²) in [6, 6.07) is 7.34. The molecule has 1 aromatic rings. The van der Waals surface area contributed by atoms with Gasteiger partial charge in [-0.05, 0) is 31.9 Å². The van der Waals surface area contributed by atoms with Crippen molar-refractivity contribution in [3.8, 4) is 0 Å². The van der Waals surface area contributed by atoms with E-state index in [1.165, 1.54) is 0 Å². The lowest BCUT2D eigenvalue weighted by Crippen LogP contribution is -2.56. The molecule has 1 aromatic carbocycles. The van der Waals surface area contributed by atoms with Gasteiger partial charge in [-0.3, -0.25) is 9.08 Å². The zero-order valence-electron chi connectivity index (χ0n) is 13.1. The fraction of sp³-hybridized carbons (Fsp3) is 0.625. The van der Waals surface area contributed by atoms with Crippen LogP contribution in [0.5, 0.6) is 0 Å². The van der Waals surface area contributed by atoms with E-state index in [-0.39, 0.29) is 11.0 Å². The molecule has 1 atom stereocenters. The number of aryl methyl sites for hydroxylation is 1. The van der Waals surface area contributed by atoms with Crippen molar-refractivity contribution >= 4 is 10.1 Å². The van der Waals surface area contributed by atoms with E-state index in [2.05, 4.69) is 18.7 Å². The van der Waals surface area contributed by atoms with Gasteiger partial charge in [0.1, 0.15) is 6.10 Å². The van der Waals surface area contributed by atoms with Gasteiger partial charge in [0, 0.05) is 19.1 Å². The largest absolute Gasteiger partial charge is 0.297 e. The Bertz CT molecular complexity index is 547. The topological polar surface area (TPSA) is 46.6 Å². The van der Waals surface area contributed by atoms with Crippen molar-refractivity contribution in [2.45, 2.75) is 57.1 Å². The van der Waals surface area contributed by atoms with Crippen molar-refractivity contribution < 1.29 is 12.6 Å². The van der Waals surface area contributed by atoms with Gasteiger partial charge < -0.3 is 0 Å². The van der Waals surface area contributed by atoms with Crippen LogP contribution in [0.3, 0.4) is 0 Å². The summed E-state index contributed by atoms with van der Waals surface area (Å²) >= 11 is 0. The Balaban J connectivity index is 1.90. The van der Waals surface area contributed by atoms with Gasteiger partial charge in [0.2, 0.25) is 0 Å². The van der Waals surface area contributed by atoms with E-state index < -0.39 is 10.1 Å². The summed E-state index contributed by atoms with van der Waals surface area (Å²) < 4.78 is 29.7. The Morgan fingerprint density at radius 3 is 2.38 bits per heavy atom. The highest BCUT2D eigenvalue weighted by atomic mass is 32.2. The molecule has 0 amide bonds. The molecule has 0 radical (unpaired) electrons. The SMILES string of the molecule is CCCC(CC)N1CC(OS(=O)(=O)c2ccc(C)cc2)C1. The van der Waals surface area contributed by atoms with E-state index in [0.717, 1.165) is 24.8 Å². The van der Waals surface area contributed by atoms with Gasteiger partial charge in [-0.2, -0.15) is 8.42 Å². The number of likely N-dealkylation sites (tertiary alicyclic amines) is 1. The van der Waals surface area contributed by atoms with Crippen LogP contribution in [-0.2, 0) is 14.3 Å². The third-order valence-corrected chi connectivity index (χ3v) is 5.43. The first-order valence-electron chi connectivity index (χ1n) is 7.70. The van der Waals surface area contributed by atoms with Crippen molar-refractivity contribution in [1.82, 2.24) is 4.90 Å². The summed E-state index contributed by atoms with van der Waals surface area (Å²) in [4.78, 5) is 2.56. The first kappa shape index (κ1) is 16.5. The quantitative estimate of drug-likeness (QED) is 0.726. The molecule has 0 spiro atoms. The molecule has 0 saturated carbocycles. The summed E-state index contributed by atoms with van der Waals surface area (Å²) in [5.41, 5.74) is 1.04. The second-order valence-corrected chi connectivity index (χ2v) is 7.36. The number of hydrogen-bond acceptors (Lipinski definition) is 4. The maximum absolute atomic E-state index is 12.2. The van der Waals surface area contributed by atoms with E-state index in [1.54, 1.807) is 24.3 Å². The molecule has 2 rings (SSSR count). The molecule has 21 heavy (non-hydrogen) atoms. The van der Waals surface area contributed by atoms with E-state index >= 15 is 0 Å². The van der Waals surface area contributed by atoms with Gasteiger partial charge in [0.05, 0.1) is 4.90 Å². The molecule has 1 unspecified atom stereocenters. The van der Waals surface area contributed by atoms with Crippen LogP contribution in [-0.4, -0.2) is 38.6 Å². The predicted molar refractivity (Wildman–Crippen MR) is 83.8 cm³/mol. The lowest BCUT2D eigenvalue weighted by Gasteiger charge is -2.43. The highest BCUT2D eigenvalue weighted by Gasteiger charge is 2.35. The second kappa shape index (κ2) is 6.90. The average Bonchev–Trinajstić information content (AvgIpc) is 2.41. The standard InChI is InChI=1S/C16H25NO3S/c1-4-6-14(5-2)17-11-15(12-17)20-21(18,19)16-9-7-13(3)8-10-16/h7-10,14-15H,4-6,11-12H2,1-3H3. The first-order valence-corrected chi connectivity index (χ1v) is 9.11. The molecule has 118 valence electrons. The highest BCUT2D eigenvalue weighted by molar-refractivity contribution is 7.86. The molecule has 0 bridgehead atoms. The van der Waals surface area contributed by atoms with E-state index in [0.29, 0.717) is 19.1 Å².